The fraction of sp³-hybridized carbons (Fsp3) is 0. The van der Waals surface area contributed by atoms with E-state index in [0.717, 1.165) is 65.7 Å². The lowest BCUT2D eigenvalue weighted by Gasteiger charge is -2.21. The van der Waals surface area contributed by atoms with E-state index in [4.69, 9.17) is 5.10 Å². The lowest BCUT2D eigenvalue weighted by molar-refractivity contribution is 0.592. The molecule has 2 aromatic heterocycles. The maximum atomic E-state index is 15.1. The molecule has 4 heteroatoms. The van der Waals surface area contributed by atoms with E-state index >= 15 is 4.57 Å². The van der Waals surface area contributed by atoms with Gasteiger partial charge in [0.2, 0.25) is 0 Å². The normalized spacial score (nSPS) is 11.6. The van der Waals surface area contributed by atoms with E-state index in [0.29, 0.717) is 0 Å². The monoisotopic (exact) mass is 596 g/mol. The van der Waals surface area contributed by atoms with Gasteiger partial charge < -0.3 is 4.57 Å². The molecule has 0 atom stereocenters. The summed E-state index contributed by atoms with van der Waals surface area (Å²) >= 11 is 0. The van der Waals surface area contributed by atoms with Crippen LogP contribution in [0.2, 0.25) is 0 Å². The molecule has 0 aliphatic heterocycles. The van der Waals surface area contributed by atoms with Crippen LogP contribution >= 0.6 is 7.14 Å². The van der Waals surface area contributed by atoms with E-state index < -0.39 is 7.14 Å². The molecule has 0 unspecified atom stereocenters. The molecular formula is C41H29N2OP. The highest BCUT2D eigenvalue weighted by molar-refractivity contribution is 7.85. The van der Waals surface area contributed by atoms with Gasteiger partial charge >= 0.3 is 0 Å². The van der Waals surface area contributed by atoms with Gasteiger partial charge in [-0.2, -0.15) is 5.10 Å². The summed E-state index contributed by atoms with van der Waals surface area (Å²) < 4.78 is 17.2. The number of fused-ring (bicyclic) bond motifs is 3. The fourth-order valence-corrected chi connectivity index (χ4v) is 9.11. The van der Waals surface area contributed by atoms with Gasteiger partial charge in [0.1, 0.15) is 0 Å². The second-order valence-electron chi connectivity index (χ2n) is 11.1. The summed E-state index contributed by atoms with van der Waals surface area (Å²) in [7, 11) is -3.09. The van der Waals surface area contributed by atoms with Gasteiger partial charge in [0.15, 0.2) is 7.14 Å². The Bertz CT molecular complexity index is 2270. The molecule has 0 N–H and O–H groups in total. The largest absolute Gasteiger partial charge is 0.309 e. The summed E-state index contributed by atoms with van der Waals surface area (Å²) in [6.45, 7) is 0. The highest BCUT2D eigenvalue weighted by atomic mass is 31.2. The van der Waals surface area contributed by atoms with E-state index in [1.54, 1.807) is 0 Å². The maximum Gasteiger partial charge on any atom is 0.171 e. The first-order valence-corrected chi connectivity index (χ1v) is 16.8. The molecule has 8 rings (SSSR count). The Hall–Kier alpha value is -5.50. The minimum absolute atomic E-state index is 0.806. The number of hydrogen-bond acceptors (Lipinski definition) is 2. The van der Waals surface area contributed by atoms with Crippen LogP contribution in [0.15, 0.2) is 176 Å². The van der Waals surface area contributed by atoms with Crippen LogP contribution in [0, 0.1) is 0 Å². The summed E-state index contributed by atoms with van der Waals surface area (Å²) in [4.78, 5) is 0. The third-order valence-corrected chi connectivity index (χ3v) is 11.6. The Morgan fingerprint density at radius 1 is 0.444 bits per heavy atom. The smallest absolute Gasteiger partial charge is 0.171 e. The zero-order chi connectivity index (χ0) is 30.2. The summed E-state index contributed by atoms with van der Waals surface area (Å²) in [6, 6.07) is 57.5. The van der Waals surface area contributed by atoms with Crippen LogP contribution in [0.5, 0.6) is 0 Å². The first kappa shape index (κ1) is 27.1. The molecule has 0 saturated carbocycles. The van der Waals surface area contributed by atoms with Crippen molar-refractivity contribution in [3.8, 4) is 33.5 Å². The van der Waals surface area contributed by atoms with Crippen molar-refractivity contribution in [3.05, 3.63) is 176 Å². The van der Waals surface area contributed by atoms with Crippen molar-refractivity contribution in [1.82, 2.24) is 9.61 Å². The molecule has 0 saturated heterocycles. The number of hydrogen-bond donors (Lipinski definition) is 0. The standard InChI is InChI=1S/C41H29N2OP/c44-45(33-19-9-3-10-20-33,34-21-11-4-12-22-34)35-27-25-31(26-28-35)39-36-23-13-14-24-37(36)41-38(30-15-5-1-6-16-30)29-42-43(41)40(39)32-17-7-2-8-18-32/h1-29H. The van der Waals surface area contributed by atoms with E-state index in [2.05, 4.69) is 89.4 Å². The van der Waals surface area contributed by atoms with Gasteiger partial charge in [-0.1, -0.05) is 170 Å². The van der Waals surface area contributed by atoms with E-state index in [9.17, 15) is 0 Å². The van der Waals surface area contributed by atoms with Crippen LogP contribution in [-0.4, -0.2) is 9.61 Å². The van der Waals surface area contributed by atoms with Crippen LogP contribution in [0.4, 0.5) is 0 Å². The summed E-state index contributed by atoms with van der Waals surface area (Å²) in [5.41, 5.74) is 7.54. The van der Waals surface area contributed by atoms with Gasteiger partial charge in [-0.25, -0.2) is 4.52 Å². The van der Waals surface area contributed by atoms with Gasteiger partial charge in [-0.3, -0.25) is 0 Å². The fourth-order valence-electron chi connectivity index (χ4n) is 6.46. The molecule has 0 radical (unpaired) electrons. The van der Waals surface area contributed by atoms with Gasteiger partial charge in [0, 0.05) is 38.0 Å². The van der Waals surface area contributed by atoms with Crippen LogP contribution in [0.25, 0.3) is 49.8 Å². The molecule has 0 aliphatic rings. The third kappa shape index (κ3) is 4.52. The van der Waals surface area contributed by atoms with Crippen LogP contribution in [-0.2, 0) is 4.57 Å². The van der Waals surface area contributed by atoms with Crippen molar-refractivity contribution in [2.75, 3.05) is 0 Å². The van der Waals surface area contributed by atoms with Gasteiger partial charge in [0.25, 0.3) is 0 Å². The number of benzene rings is 6. The third-order valence-electron chi connectivity index (χ3n) is 8.56. The maximum absolute atomic E-state index is 15.1. The second-order valence-corrected chi connectivity index (χ2v) is 13.9. The van der Waals surface area contributed by atoms with E-state index in [-0.39, 0.29) is 0 Å². The molecular weight excluding hydrogens is 567 g/mol. The van der Waals surface area contributed by atoms with E-state index in [1.165, 1.54) is 0 Å². The van der Waals surface area contributed by atoms with Crippen molar-refractivity contribution in [2.24, 2.45) is 0 Å². The zero-order valence-electron chi connectivity index (χ0n) is 24.5. The molecule has 2 heterocycles. The predicted octanol–water partition coefficient (Wildman–Crippen LogP) is 9.13. The summed E-state index contributed by atoms with van der Waals surface area (Å²) in [6.07, 6.45) is 1.98. The van der Waals surface area contributed by atoms with Crippen molar-refractivity contribution in [3.63, 3.8) is 0 Å². The van der Waals surface area contributed by atoms with Gasteiger partial charge in [-0.05, 0) is 16.5 Å². The van der Waals surface area contributed by atoms with Crippen LogP contribution in [0.3, 0.4) is 0 Å². The van der Waals surface area contributed by atoms with Gasteiger partial charge in [-0.15, -0.1) is 0 Å². The highest BCUT2D eigenvalue weighted by Gasteiger charge is 2.30. The first-order valence-electron chi connectivity index (χ1n) is 15.1. The Morgan fingerprint density at radius 3 is 1.49 bits per heavy atom. The molecule has 214 valence electrons. The molecule has 0 amide bonds. The minimum atomic E-state index is -3.09. The quantitative estimate of drug-likeness (QED) is 0.180. The number of pyridine rings is 1. The van der Waals surface area contributed by atoms with Crippen molar-refractivity contribution < 1.29 is 4.57 Å². The summed E-state index contributed by atoms with van der Waals surface area (Å²) in [5, 5.41) is 9.75. The van der Waals surface area contributed by atoms with Gasteiger partial charge in [0.05, 0.1) is 17.4 Å². The number of rotatable bonds is 6. The molecule has 0 fully saturated rings. The first-order chi connectivity index (χ1) is 22.2. The highest BCUT2D eigenvalue weighted by Crippen LogP contribution is 2.45. The van der Waals surface area contributed by atoms with Crippen molar-refractivity contribution in [1.29, 1.82) is 0 Å². The Labute approximate surface area is 262 Å². The number of nitrogens with zero attached hydrogens (tertiary/aromatic N) is 2. The Morgan fingerprint density at radius 2 is 0.911 bits per heavy atom. The zero-order valence-corrected chi connectivity index (χ0v) is 25.4. The summed E-state index contributed by atoms with van der Waals surface area (Å²) in [5.74, 6) is 0. The van der Waals surface area contributed by atoms with Crippen LogP contribution < -0.4 is 15.9 Å². The molecule has 6 aromatic carbocycles. The molecule has 0 aliphatic carbocycles. The lowest BCUT2D eigenvalue weighted by Crippen LogP contribution is -2.24. The molecule has 0 spiro atoms. The van der Waals surface area contributed by atoms with Crippen molar-refractivity contribution >= 4 is 39.3 Å². The SMILES string of the molecule is O=P(c1ccccc1)(c1ccccc1)c1ccc(-c2c(-c3ccccc3)n3ncc(-c4ccccc4)c3c3ccccc23)cc1. The van der Waals surface area contributed by atoms with Crippen molar-refractivity contribution in [2.45, 2.75) is 0 Å². The Kier molecular flexibility index (Phi) is 6.74. The molecule has 3 nitrogen and oxygen atoms in total. The number of aromatic nitrogens is 2. The average molecular weight is 597 g/mol. The molecule has 0 bridgehead atoms. The second kappa shape index (κ2) is 11.2. The molecule has 8 aromatic rings. The average Bonchev–Trinajstić information content (AvgIpc) is 3.58. The molecule has 45 heavy (non-hydrogen) atoms. The van der Waals surface area contributed by atoms with E-state index in [1.807, 2.05) is 91.1 Å². The minimum Gasteiger partial charge on any atom is -0.309 e. The topological polar surface area (TPSA) is 34.4 Å². The lowest BCUT2D eigenvalue weighted by atomic mass is 9.92. The predicted molar refractivity (Wildman–Crippen MR) is 188 cm³/mol. The Balaban J connectivity index is 1.39. The van der Waals surface area contributed by atoms with Crippen LogP contribution in [0.1, 0.15) is 0 Å².